The summed E-state index contributed by atoms with van der Waals surface area (Å²) in [5.74, 6) is 0.810. The lowest BCUT2D eigenvalue weighted by molar-refractivity contribution is 0.0540. The average Bonchev–Trinajstić information content (AvgIpc) is 3.51. The minimum Gasteiger partial charge on any atom is -0.390 e. The topological polar surface area (TPSA) is 85.3 Å². The SMILES string of the molecule is CCN1CCN(CC(O)C2Cc3ccccc3CN2)C(=O)c2ccc(C(=O)N3CC4COCC4C3)cc21. The molecule has 4 heterocycles. The summed E-state index contributed by atoms with van der Waals surface area (Å²) in [6.07, 6.45) is 0.0701. The molecule has 8 nitrogen and oxygen atoms in total. The first kappa shape index (κ1) is 24.4. The van der Waals surface area contributed by atoms with Gasteiger partial charge in [0.2, 0.25) is 0 Å². The van der Waals surface area contributed by atoms with E-state index in [1.165, 1.54) is 11.1 Å². The third-order valence-corrected chi connectivity index (χ3v) is 8.64. The number of β-amino-alcohol motifs (C(OH)–C–C–N with tert-alkyl or cyclic N) is 1. The number of likely N-dealkylation sites (N-methyl/N-ethyl adjacent to an activating group) is 1. The zero-order valence-corrected chi connectivity index (χ0v) is 21.4. The fourth-order valence-electron chi connectivity index (χ4n) is 6.38. The summed E-state index contributed by atoms with van der Waals surface area (Å²) in [6, 6.07) is 13.7. The Morgan fingerprint density at radius 3 is 2.57 bits per heavy atom. The lowest BCUT2D eigenvalue weighted by Crippen LogP contribution is -2.50. The molecule has 2 fully saturated rings. The molecule has 2 N–H and O–H groups in total. The highest BCUT2D eigenvalue weighted by atomic mass is 16.5. The van der Waals surface area contributed by atoms with E-state index in [0.717, 1.165) is 51.5 Å². The number of aliphatic hydroxyl groups excluding tert-OH is 1. The first-order chi connectivity index (χ1) is 18.0. The van der Waals surface area contributed by atoms with Crippen LogP contribution in [-0.2, 0) is 17.7 Å². The number of anilines is 1. The summed E-state index contributed by atoms with van der Waals surface area (Å²) in [5, 5.41) is 14.6. The van der Waals surface area contributed by atoms with Crippen LogP contribution in [0, 0.1) is 11.8 Å². The monoisotopic (exact) mass is 504 g/mol. The maximum atomic E-state index is 13.6. The van der Waals surface area contributed by atoms with Crippen LogP contribution in [0.2, 0.25) is 0 Å². The number of nitrogens with zero attached hydrogens (tertiary/aromatic N) is 3. The highest BCUT2D eigenvalue weighted by molar-refractivity contribution is 6.03. The molecule has 2 aromatic rings. The Bertz CT molecular complexity index is 1170. The van der Waals surface area contributed by atoms with Crippen LogP contribution >= 0.6 is 0 Å². The summed E-state index contributed by atoms with van der Waals surface area (Å²) < 4.78 is 5.56. The molecule has 4 aliphatic rings. The highest BCUT2D eigenvalue weighted by Gasteiger charge is 2.39. The molecule has 0 saturated carbocycles. The smallest absolute Gasteiger partial charge is 0.256 e. The van der Waals surface area contributed by atoms with E-state index in [9.17, 15) is 14.7 Å². The zero-order chi connectivity index (χ0) is 25.5. The molecule has 0 radical (unpaired) electrons. The van der Waals surface area contributed by atoms with Gasteiger partial charge in [-0.25, -0.2) is 0 Å². The largest absolute Gasteiger partial charge is 0.390 e. The zero-order valence-electron chi connectivity index (χ0n) is 21.4. The third-order valence-electron chi connectivity index (χ3n) is 8.64. The Balaban J connectivity index is 1.18. The van der Waals surface area contributed by atoms with Crippen LogP contribution in [-0.4, -0.2) is 91.3 Å². The number of amides is 2. The van der Waals surface area contributed by atoms with Gasteiger partial charge in [0.05, 0.1) is 30.6 Å². The van der Waals surface area contributed by atoms with E-state index in [-0.39, 0.29) is 24.4 Å². The van der Waals surface area contributed by atoms with Crippen LogP contribution in [0.4, 0.5) is 5.69 Å². The van der Waals surface area contributed by atoms with E-state index in [4.69, 9.17) is 4.74 Å². The first-order valence-corrected chi connectivity index (χ1v) is 13.5. The Hall–Kier alpha value is -2.94. The number of carbonyl (C=O) groups excluding carboxylic acids is 2. The van der Waals surface area contributed by atoms with Crippen molar-refractivity contribution >= 4 is 17.5 Å². The molecule has 2 saturated heterocycles. The van der Waals surface area contributed by atoms with Gasteiger partial charge in [0.25, 0.3) is 11.8 Å². The predicted molar refractivity (Wildman–Crippen MR) is 141 cm³/mol. The van der Waals surface area contributed by atoms with Gasteiger partial charge in [-0.3, -0.25) is 9.59 Å². The average molecular weight is 505 g/mol. The standard InChI is InChI=1S/C29H36N4O4/c1-2-31-9-10-32(16-27(34)25-11-19-5-3-4-6-21(19)13-30-25)29(36)24-8-7-20(12-26(24)31)28(35)33-14-22-17-37-18-23(22)15-33/h3-8,12,22-23,25,27,30,34H,2,9-11,13-18H2,1H3. The molecule has 37 heavy (non-hydrogen) atoms. The highest BCUT2D eigenvalue weighted by Crippen LogP contribution is 2.32. The maximum absolute atomic E-state index is 13.6. The molecule has 4 aliphatic heterocycles. The van der Waals surface area contributed by atoms with Crippen molar-refractivity contribution in [2.75, 3.05) is 57.4 Å². The summed E-state index contributed by atoms with van der Waals surface area (Å²) in [4.78, 5) is 32.8. The second-order valence-corrected chi connectivity index (χ2v) is 10.9. The van der Waals surface area contributed by atoms with E-state index in [1.807, 2.05) is 23.1 Å². The van der Waals surface area contributed by atoms with Gasteiger partial charge in [0.15, 0.2) is 0 Å². The fourth-order valence-corrected chi connectivity index (χ4v) is 6.38. The molecule has 8 heteroatoms. The van der Waals surface area contributed by atoms with Gasteiger partial charge < -0.3 is 29.9 Å². The van der Waals surface area contributed by atoms with Crippen molar-refractivity contribution in [3.8, 4) is 0 Å². The van der Waals surface area contributed by atoms with E-state index >= 15 is 0 Å². The number of carbonyl (C=O) groups is 2. The molecular weight excluding hydrogens is 468 g/mol. The number of likely N-dealkylation sites (tertiary alicyclic amines) is 1. The van der Waals surface area contributed by atoms with Gasteiger partial charge in [0, 0.05) is 69.3 Å². The Labute approximate surface area is 218 Å². The number of hydrogen-bond donors (Lipinski definition) is 2. The second kappa shape index (κ2) is 10.1. The van der Waals surface area contributed by atoms with Crippen LogP contribution in [0.15, 0.2) is 42.5 Å². The number of rotatable bonds is 5. The number of nitrogens with one attached hydrogen (secondary N) is 1. The molecule has 196 valence electrons. The first-order valence-electron chi connectivity index (χ1n) is 13.5. The Morgan fingerprint density at radius 1 is 1.08 bits per heavy atom. The molecule has 0 bridgehead atoms. The van der Waals surface area contributed by atoms with Crippen molar-refractivity contribution in [2.45, 2.75) is 32.0 Å². The van der Waals surface area contributed by atoms with Crippen molar-refractivity contribution in [1.82, 2.24) is 15.1 Å². The van der Waals surface area contributed by atoms with Crippen LogP contribution in [0.25, 0.3) is 0 Å². The number of ether oxygens (including phenoxy) is 1. The normalized spacial score (nSPS) is 25.9. The summed E-state index contributed by atoms with van der Waals surface area (Å²) in [7, 11) is 0. The van der Waals surface area contributed by atoms with Crippen molar-refractivity contribution in [2.24, 2.45) is 11.8 Å². The molecule has 0 aliphatic carbocycles. The lowest BCUT2D eigenvalue weighted by atomic mass is 9.92. The van der Waals surface area contributed by atoms with Crippen molar-refractivity contribution < 1.29 is 19.4 Å². The van der Waals surface area contributed by atoms with E-state index < -0.39 is 6.10 Å². The minimum absolute atomic E-state index is 0.0286. The molecule has 0 aromatic heterocycles. The van der Waals surface area contributed by atoms with Gasteiger partial charge in [-0.05, 0) is 42.7 Å². The molecule has 0 spiro atoms. The summed E-state index contributed by atoms with van der Waals surface area (Å²) in [6.45, 7) is 7.94. The van der Waals surface area contributed by atoms with Gasteiger partial charge in [-0.15, -0.1) is 0 Å². The van der Waals surface area contributed by atoms with Crippen molar-refractivity contribution in [3.05, 3.63) is 64.7 Å². The summed E-state index contributed by atoms with van der Waals surface area (Å²) >= 11 is 0. The third kappa shape index (κ3) is 4.62. The van der Waals surface area contributed by atoms with Crippen LogP contribution in [0.1, 0.15) is 38.8 Å². The van der Waals surface area contributed by atoms with Gasteiger partial charge >= 0.3 is 0 Å². The second-order valence-electron chi connectivity index (χ2n) is 10.9. The number of hydrogen-bond acceptors (Lipinski definition) is 6. The molecule has 2 amide bonds. The van der Waals surface area contributed by atoms with E-state index in [1.54, 1.807) is 17.0 Å². The summed E-state index contributed by atoms with van der Waals surface area (Å²) in [5.41, 5.74) is 4.55. The van der Waals surface area contributed by atoms with Crippen molar-refractivity contribution in [3.63, 3.8) is 0 Å². The fraction of sp³-hybridized carbons (Fsp3) is 0.517. The van der Waals surface area contributed by atoms with Gasteiger partial charge in [-0.2, -0.15) is 0 Å². The molecule has 6 rings (SSSR count). The number of benzene rings is 2. The molecule has 4 atom stereocenters. The lowest BCUT2D eigenvalue weighted by Gasteiger charge is -2.33. The maximum Gasteiger partial charge on any atom is 0.256 e. The quantitative estimate of drug-likeness (QED) is 0.646. The minimum atomic E-state index is -0.673. The molecule has 4 unspecified atom stereocenters. The van der Waals surface area contributed by atoms with E-state index in [0.29, 0.717) is 36.1 Å². The van der Waals surface area contributed by atoms with E-state index in [2.05, 4.69) is 29.3 Å². The number of fused-ring (bicyclic) bond motifs is 3. The van der Waals surface area contributed by atoms with Gasteiger partial charge in [-0.1, -0.05) is 24.3 Å². The van der Waals surface area contributed by atoms with Crippen LogP contribution in [0.5, 0.6) is 0 Å². The Kier molecular flexibility index (Phi) is 6.65. The number of aliphatic hydroxyl groups is 1. The predicted octanol–water partition coefficient (Wildman–Crippen LogP) is 1.76. The molecule has 2 aromatic carbocycles. The van der Waals surface area contributed by atoms with Gasteiger partial charge in [0.1, 0.15) is 0 Å². The van der Waals surface area contributed by atoms with Crippen LogP contribution < -0.4 is 10.2 Å². The van der Waals surface area contributed by atoms with Crippen molar-refractivity contribution in [1.29, 1.82) is 0 Å². The van der Waals surface area contributed by atoms with Crippen LogP contribution in [0.3, 0.4) is 0 Å². The Morgan fingerprint density at radius 2 is 1.81 bits per heavy atom. The molecular formula is C29H36N4O4.